The Balaban J connectivity index is 3.02. The highest BCUT2D eigenvalue weighted by atomic mass is 32.2. The van der Waals surface area contributed by atoms with E-state index in [-0.39, 0.29) is 6.54 Å². The van der Waals surface area contributed by atoms with Gasteiger partial charge in [-0.25, -0.2) is 17.5 Å². The Morgan fingerprint density at radius 2 is 2.10 bits per heavy atom. The van der Waals surface area contributed by atoms with Crippen LogP contribution in [0, 0.1) is 15.9 Å². The Hall–Kier alpha value is -1.58. The van der Waals surface area contributed by atoms with Gasteiger partial charge in [-0.1, -0.05) is 6.92 Å². The molecular weight excluding hydrogens is 291 g/mol. The van der Waals surface area contributed by atoms with Crippen LogP contribution in [-0.2, 0) is 10.0 Å². The minimum atomic E-state index is -4.18. The number of nitrogens with one attached hydrogen (secondary N) is 1. The van der Waals surface area contributed by atoms with E-state index in [1.807, 2.05) is 0 Å². The molecule has 1 aromatic carbocycles. The van der Waals surface area contributed by atoms with Crippen LogP contribution in [0.4, 0.5) is 10.1 Å². The number of benzene rings is 1. The third-order valence-corrected chi connectivity index (χ3v) is 4.25. The molecular formula is C11H15FN2O5S. The molecule has 0 radical (unpaired) electrons. The number of aliphatic hydroxyl groups is 1. The number of nitro benzene ring substituents is 1. The molecule has 0 saturated carbocycles. The van der Waals surface area contributed by atoms with Crippen LogP contribution in [0.5, 0.6) is 0 Å². The van der Waals surface area contributed by atoms with Crippen molar-refractivity contribution in [3.63, 3.8) is 0 Å². The Morgan fingerprint density at radius 1 is 1.50 bits per heavy atom. The molecule has 0 spiro atoms. The van der Waals surface area contributed by atoms with Crippen molar-refractivity contribution in [2.45, 2.75) is 30.8 Å². The van der Waals surface area contributed by atoms with Gasteiger partial charge in [0.05, 0.1) is 16.6 Å². The second-order valence-electron chi connectivity index (χ2n) is 4.55. The van der Waals surface area contributed by atoms with Gasteiger partial charge in [-0.05, 0) is 19.4 Å². The molecule has 0 fully saturated rings. The molecule has 0 aromatic heterocycles. The zero-order chi connectivity index (χ0) is 15.6. The van der Waals surface area contributed by atoms with Crippen molar-refractivity contribution in [2.75, 3.05) is 6.54 Å². The summed E-state index contributed by atoms with van der Waals surface area (Å²) in [4.78, 5) is 8.93. The highest BCUT2D eigenvalue weighted by Crippen LogP contribution is 2.20. The average molecular weight is 306 g/mol. The summed E-state index contributed by atoms with van der Waals surface area (Å²) in [7, 11) is -4.18. The first-order valence-electron chi connectivity index (χ1n) is 5.75. The molecule has 0 amide bonds. The Labute approximate surface area is 115 Å². The van der Waals surface area contributed by atoms with Crippen LogP contribution in [0.3, 0.4) is 0 Å². The molecule has 0 aliphatic rings. The molecule has 0 heterocycles. The van der Waals surface area contributed by atoms with Gasteiger partial charge in [0.2, 0.25) is 10.0 Å². The maximum Gasteiger partial charge on any atom is 0.272 e. The van der Waals surface area contributed by atoms with Gasteiger partial charge in [-0.15, -0.1) is 0 Å². The highest BCUT2D eigenvalue weighted by Gasteiger charge is 2.25. The van der Waals surface area contributed by atoms with Crippen molar-refractivity contribution in [1.29, 1.82) is 0 Å². The minimum Gasteiger partial charge on any atom is -0.389 e. The Kier molecular flexibility index (Phi) is 4.79. The van der Waals surface area contributed by atoms with Gasteiger partial charge in [0.15, 0.2) is 0 Å². The first-order chi connectivity index (χ1) is 9.09. The molecule has 20 heavy (non-hydrogen) atoms. The van der Waals surface area contributed by atoms with Crippen LogP contribution in [0.2, 0.25) is 0 Å². The first kappa shape index (κ1) is 16.5. The van der Waals surface area contributed by atoms with E-state index in [2.05, 4.69) is 4.72 Å². The molecule has 112 valence electrons. The molecule has 1 rings (SSSR count). The van der Waals surface area contributed by atoms with E-state index in [4.69, 9.17) is 0 Å². The number of nitro groups is 1. The fraction of sp³-hybridized carbons (Fsp3) is 0.455. The summed E-state index contributed by atoms with van der Waals surface area (Å²) in [5, 5.41) is 20.2. The SMILES string of the molecule is CCC(C)(O)CNS(=O)(=O)c1ccc([N+](=O)[O-])cc1F. The van der Waals surface area contributed by atoms with Gasteiger partial charge in [0.25, 0.3) is 5.69 Å². The van der Waals surface area contributed by atoms with Crippen molar-refractivity contribution >= 4 is 15.7 Å². The van der Waals surface area contributed by atoms with Crippen LogP contribution in [0.25, 0.3) is 0 Å². The summed E-state index contributed by atoms with van der Waals surface area (Å²) in [6, 6.07) is 2.25. The summed E-state index contributed by atoms with van der Waals surface area (Å²) < 4.78 is 39.4. The Morgan fingerprint density at radius 3 is 2.55 bits per heavy atom. The lowest BCUT2D eigenvalue weighted by Gasteiger charge is -2.21. The minimum absolute atomic E-state index is 0.289. The van der Waals surface area contributed by atoms with Crippen LogP contribution in [-0.4, -0.2) is 30.6 Å². The number of non-ortho nitro benzene ring substituents is 1. The van der Waals surface area contributed by atoms with Crippen molar-refractivity contribution in [1.82, 2.24) is 4.72 Å². The molecule has 0 aliphatic carbocycles. The summed E-state index contributed by atoms with van der Waals surface area (Å²) in [5.41, 5.74) is -1.80. The van der Waals surface area contributed by atoms with E-state index in [0.717, 1.165) is 12.1 Å². The quantitative estimate of drug-likeness (QED) is 0.605. The maximum atomic E-state index is 13.6. The average Bonchev–Trinajstić information content (AvgIpc) is 2.36. The predicted octanol–water partition coefficient (Wildman–Crippen LogP) is 1.17. The van der Waals surface area contributed by atoms with Crippen molar-refractivity contribution < 1.29 is 22.8 Å². The van der Waals surface area contributed by atoms with Gasteiger partial charge < -0.3 is 5.11 Å². The smallest absolute Gasteiger partial charge is 0.272 e. The number of hydrogen-bond acceptors (Lipinski definition) is 5. The number of rotatable bonds is 6. The van der Waals surface area contributed by atoms with E-state index in [0.29, 0.717) is 12.5 Å². The van der Waals surface area contributed by atoms with E-state index >= 15 is 0 Å². The standard InChI is InChI=1S/C11H15FN2O5S/c1-3-11(2,15)7-13-20(18,19)10-5-4-8(14(16)17)6-9(10)12/h4-6,13,15H,3,7H2,1-2H3. The fourth-order valence-electron chi connectivity index (χ4n) is 1.27. The number of halogens is 1. The van der Waals surface area contributed by atoms with Crippen molar-refractivity contribution in [3.8, 4) is 0 Å². The van der Waals surface area contributed by atoms with Crippen molar-refractivity contribution in [3.05, 3.63) is 34.1 Å². The Bertz CT molecular complexity index is 615. The lowest BCUT2D eigenvalue weighted by atomic mass is 10.1. The van der Waals surface area contributed by atoms with Crippen LogP contribution >= 0.6 is 0 Å². The van der Waals surface area contributed by atoms with Gasteiger partial charge in [-0.2, -0.15) is 0 Å². The zero-order valence-electron chi connectivity index (χ0n) is 11.0. The summed E-state index contributed by atoms with van der Waals surface area (Å²) in [6.45, 7) is 2.81. The molecule has 0 aliphatic heterocycles. The summed E-state index contributed by atoms with van der Waals surface area (Å²) in [5.74, 6) is -1.22. The van der Waals surface area contributed by atoms with E-state index in [1.54, 1.807) is 6.92 Å². The highest BCUT2D eigenvalue weighted by molar-refractivity contribution is 7.89. The van der Waals surface area contributed by atoms with Gasteiger partial charge in [-0.3, -0.25) is 10.1 Å². The van der Waals surface area contributed by atoms with Gasteiger partial charge in [0.1, 0.15) is 10.7 Å². The monoisotopic (exact) mass is 306 g/mol. The molecule has 0 bridgehead atoms. The molecule has 1 aromatic rings. The second kappa shape index (κ2) is 5.81. The molecule has 1 unspecified atom stereocenters. The molecule has 0 saturated heterocycles. The van der Waals surface area contributed by atoms with Crippen molar-refractivity contribution in [2.24, 2.45) is 0 Å². The maximum absolute atomic E-state index is 13.6. The third-order valence-electron chi connectivity index (χ3n) is 2.82. The first-order valence-corrected chi connectivity index (χ1v) is 7.23. The molecule has 9 heteroatoms. The van der Waals surface area contributed by atoms with E-state index in [9.17, 15) is 28.0 Å². The molecule has 1 atom stereocenters. The van der Waals surface area contributed by atoms with E-state index in [1.165, 1.54) is 6.92 Å². The third kappa shape index (κ3) is 3.95. The largest absolute Gasteiger partial charge is 0.389 e. The predicted molar refractivity (Wildman–Crippen MR) is 69.2 cm³/mol. The number of sulfonamides is 1. The second-order valence-corrected chi connectivity index (χ2v) is 6.28. The van der Waals surface area contributed by atoms with Gasteiger partial charge >= 0.3 is 0 Å². The summed E-state index contributed by atoms with van der Waals surface area (Å²) >= 11 is 0. The number of hydrogen-bond donors (Lipinski definition) is 2. The van der Waals surface area contributed by atoms with Crippen LogP contribution in [0.1, 0.15) is 20.3 Å². The summed E-state index contributed by atoms with van der Waals surface area (Å²) in [6.07, 6.45) is 0.304. The fourth-order valence-corrected chi connectivity index (χ4v) is 2.49. The number of nitrogens with zero attached hydrogens (tertiary/aromatic N) is 1. The zero-order valence-corrected chi connectivity index (χ0v) is 11.8. The topological polar surface area (TPSA) is 110 Å². The van der Waals surface area contributed by atoms with E-state index < -0.39 is 36.9 Å². The van der Waals surface area contributed by atoms with Crippen LogP contribution in [0.15, 0.2) is 23.1 Å². The van der Waals surface area contributed by atoms with Gasteiger partial charge in [0, 0.05) is 12.6 Å². The molecule has 2 N–H and O–H groups in total. The molecule has 7 nitrogen and oxygen atoms in total. The normalized spacial score (nSPS) is 14.8. The van der Waals surface area contributed by atoms with Crippen LogP contribution < -0.4 is 4.72 Å². The lowest BCUT2D eigenvalue weighted by Crippen LogP contribution is -2.40. The lowest BCUT2D eigenvalue weighted by molar-refractivity contribution is -0.385.